The average Bonchev–Trinajstić information content (AvgIpc) is 2.51. The van der Waals surface area contributed by atoms with Crippen LogP contribution >= 0.6 is 0 Å². The van der Waals surface area contributed by atoms with Crippen LogP contribution in [0, 0.1) is 6.92 Å². The molecular formula is C10H13N3. The highest BCUT2D eigenvalue weighted by Gasteiger charge is 2.07. The van der Waals surface area contributed by atoms with E-state index >= 15 is 0 Å². The summed E-state index contributed by atoms with van der Waals surface area (Å²) in [4.78, 5) is 0. The van der Waals surface area contributed by atoms with E-state index in [9.17, 15) is 0 Å². The van der Waals surface area contributed by atoms with E-state index in [2.05, 4.69) is 36.3 Å². The van der Waals surface area contributed by atoms with E-state index in [1.165, 1.54) is 16.6 Å². The number of rotatable bonds is 1. The van der Waals surface area contributed by atoms with Crippen molar-refractivity contribution in [1.29, 1.82) is 0 Å². The average molecular weight is 175 g/mol. The predicted octanol–water partition coefficient (Wildman–Crippen LogP) is 1.84. The first kappa shape index (κ1) is 8.23. The Morgan fingerprint density at radius 3 is 2.85 bits per heavy atom. The molecule has 0 aliphatic heterocycles. The van der Waals surface area contributed by atoms with Crippen molar-refractivity contribution in [3.8, 4) is 0 Å². The molecule has 1 aromatic heterocycles. The van der Waals surface area contributed by atoms with Gasteiger partial charge in [0.25, 0.3) is 0 Å². The molecule has 0 amide bonds. The van der Waals surface area contributed by atoms with Gasteiger partial charge in [0.1, 0.15) is 5.52 Å². The molecule has 0 unspecified atom stereocenters. The summed E-state index contributed by atoms with van der Waals surface area (Å²) in [6, 6.07) is 4.26. The smallest absolute Gasteiger partial charge is 0.116 e. The molecule has 3 heteroatoms. The highest BCUT2D eigenvalue weighted by atomic mass is 15.4. The van der Waals surface area contributed by atoms with Crippen molar-refractivity contribution >= 4 is 11.0 Å². The number of nitrogens with zero attached hydrogens (tertiary/aromatic N) is 3. The molecule has 0 bridgehead atoms. The van der Waals surface area contributed by atoms with Crippen LogP contribution in [0.2, 0.25) is 0 Å². The van der Waals surface area contributed by atoms with E-state index < -0.39 is 0 Å². The number of fused-ring (bicyclic) bond motifs is 1. The first-order valence-corrected chi connectivity index (χ1v) is 4.52. The van der Waals surface area contributed by atoms with Gasteiger partial charge in [-0.25, -0.2) is 4.68 Å². The van der Waals surface area contributed by atoms with Gasteiger partial charge < -0.3 is 0 Å². The zero-order valence-corrected chi connectivity index (χ0v) is 8.20. The molecule has 0 aliphatic rings. The van der Waals surface area contributed by atoms with Crippen LogP contribution in [0.3, 0.4) is 0 Å². The standard InChI is InChI=1S/C10H13N3/c1-4-8-6-5-7(2)9-10(8)13(3)12-11-9/h5-6H,4H2,1-3H3. The maximum absolute atomic E-state index is 4.14. The Labute approximate surface area is 77.4 Å². The van der Waals surface area contributed by atoms with Crippen LogP contribution in [0.1, 0.15) is 18.1 Å². The summed E-state index contributed by atoms with van der Waals surface area (Å²) in [5.41, 5.74) is 4.71. The molecule has 0 atom stereocenters. The first-order valence-electron chi connectivity index (χ1n) is 4.52. The minimum Gasteiger partial charge on any atom is -0.247 e. The molecule has 0 spiro atoms. The second-order valence-corrected chi connectivity index (χ2v) is 3.31. The summed E-state index contributed by atoms with van der Waals surface area (Å²) in [5.74, 6) is 0. The molecule has 2 rings (SSSR count). The maximum atomic E-state index is 4.14. The molecule has 2 aromatic rings. The van der Waals surface area contributed by atoms with Crippen LogP contribution in [0.5, 0.6) is 0 Å². The number of hydrogen-bond acceptors (Lipinski definition) is 2. The Bertz CT molecular complexity index is 443. The van der Waals surface area contributed by atoms with Crippen LogP contribution in [-0.2, 0) is 13.5 Å². The Balaban J connectivity index is 2.88. The second-order valence-electron chi connectivity index (χ2n) is 3.31. The minimum absolute atomic E-state index is 1.03. The van der Waals surface area contributed by atoms with E-state index in [0.29, 0.717) is 0 Å². The highest BCUT2D eigenvalue weighted by molar-refractivity contribution is 5.81. The van der Waals surface area contributed by atoms with Crippen molar-refractivity contribution in [2.75, 3.05) is 0 Å². The fraction of sp³-hybridized carbons (Fsp3) is 0.400. The van der Waals surface area contributed by atoms with Gasteiger partial charge in [-0.1, -0.05) is 24.3 Å². The molecule has 1 heterocycles. The lowest BCUT2D eigenvalue weighted by Crippen LogP contribution is -1.93. The third kappa shape index (κ3) is 1.11. The number of aromatic nitrogens is 3. The first-order chi connectivity index (χ1) is 6.24. The van der Waals surface area contributed by atoms with Gasteiger partial charge >= 0.3 is 0 Å². The monoisotopic (exact) mass is 175 g/mol. The van der Waals surface area contributed by atoms with Crippen molar-refractivity contribution in [3.63, 3.8) is 0 Å². The van der Waals surface area contributed by atoms with Gasteiger partial charge in [0, 0.05) is 7.05 Å². The van der Waals surface area contributed by atoms with E-state index in [0.717, 1.165) is 11.9 Å². The summed E-state index contributed by atoms with van der Waals surface area (Å²) >= 11 is 0. The minimum atomic E-state index is 1.03. The Morgan fingerprint density at radius 2 is 2.15 bits per heavy atom. The Kier molecular flexibility index (Phi) is 1.79. The Hall–Kier alpha value is -1.38. The molecule has 0 N–H and O–H groups in total. The summed E-state index contributed by atoms with van der Waals surface area (Å²) in [5, 5.41) is 8.17. The van der Waals surface area contributed by atoms with E-state index in [1.807, 2.05) is 11.7 Å². The molecule has 68 valence electrons. The number of aryl methyl sites for hydroxylation is 3. The van der Waals surface area contributed by atoms with E-state index in [4.69, 9.17) is 0 Å². The fourth-order valence-corrected chi connectivity index (χ4v) is 1.65. The number of benzene rings is 1. The lowest BCUT2D eigenvalue weighted by Gasteiger charge is -2.01. The van der Waals surface area contributed by atoms with Gasteiger partial charge in [-0.2, -0.15) is 0 Å². The van der Waals surface area contributed by atoms with Crippen LogP contribution in [0.4, 0.5) is 0 Å². The predicted molar refractivity (Wildman–Crippen MR) is 52.6 cm³/mol. The third-order valence-electron chi connectivity index (χ3n) is 2.42. The van der Waals surface area contributed by atoms with Gasteiger partial charge in [0.2, 0.25) is 0 Å². The molecule has 13 heavy (non-hydrogen) atoms. The van der Waals surface area contributed by atoms with Gasteiger partial charge in [0.15, 0.2) is 0 Å². The van der Waals surface area contributed by atoms with Crippen molar-refractivity contribution in [2.45, 2.75) is 20.3 Å². The van der Waals surface area contributed by atoms with Crippen LogP contribution in [-0.4, -0.2) is 15.0 Å². The molecule has 0 aliphatic carbocycles. The highest BCUT2D eigenvalue weighted by Crippen LogP contribution is 2.19. The van der Waals surface area contributed by atoms with E-state index in [1.54, 1.807) is 0 Å². The summed E-state index contributed by atoms with van der Waals surface area (Å²) < 4.78 is 1.85. The molecular weight excluding hydrogens is 162 g/mol. The Morgan fingerprint density at radius 1 is 1.38 bits per heavy atom. The molecule has 0 radical (unpaired) electrons. The lowest BCUT2D eigenvalue weighted by molar-refractivity contribution is 0.733. The summed E-state index contributed by atoms with van der Waals surface area (Å²) in [6.45, 7) is 4.22. The molecule has 0 fully saturated rings. The molecule has 3 nitrogen and oxygen atoms in total. The van der Waals surface area contributed by atoms with Gasteiger partial charge in [0.05, 0.1) is 5.52 Å². The van der Waals surface area contributed by atoms with Crippen LogP contribution < -0.4 is 0 Å². The van der Waals surface area contributed by atoms with Crippen molar-refractivity contribution < 1.29 is 0 Å². The quantitative estimate of drug-likeness (QED) is 0.662. The zero-order valence-electron chi connectivity index (χ0n) is 8.20. The lowest BCUT2D eigenvalue weighted by atomic mass is 10.1. The van der Waals surface area contributed by atoms with Gasteiger partial charge in [-0.3, -0.25) is 0 Å². The topological polar surface area (TPSA) is 30.7 Å². The molecule has 1 aromatic carbocycles. The summed E-state index contributed by atoms with van der Waals surface area (Å²) in [7, 11) is 1.94. The van der Waals surface area contributed by atoms with Gasteiger partial charge in [-0.15, -0.1) is 5.10 Å². The summed E-state index contributed by atoms with van der Waals surface area (Å²) in [6.07, 6.45) is 1.03. The fourth-order valence-electron chi connectivity index (χ4n) is 1.65. The van der Waals surface area contributed by atoms with Gasteiger partial charge in [-0.05, 0) is 24.5 Å². The third-order valence-corrected chi connectivity index (χ3v) is 2.42. The molecule has 0 saturated heterocycles. The molecule has 0 saturated carbocycles. The largest absolute Gasteiger partial charge is 0.247 e. The van der Waals surface area contributed by atoms with Crippen LogP contribution in [0.15, 0.2) is 12.1 Å². The van der Waals surface area contributed by atoms with E-state index in [-0.39, 0.29) is 0 Å². The normalized spacial score (nSPS) is 11.0. The van der Waals surface area contributed by atoms with Crippen molar-refractivity contribution in [2.24, 2.45) is 7.05 Å². The second kappa shape index (κ2) is 2.83. The zero-order chi connectivity index (χ0) is 9.42. The maximum Gasteiger partial charge on any atom is 0.116 e. The number of hydrogen-bond donors (Lipinski definition) is 0. The van der Waals surface area contributed by atoms with Crippen molar-refractivity contribution in [3.05, 3.63) is 23.3 Å². The SMILES string of the molecule is CCc1ccc(C)c2nnn(C)c12. The van der Waals surface area contributed by atoms with Crippen molar-refractivity contribution in [1.82, 2.24) is 15.0 Å². The van der Waals surface area contributed by atoms with Crippen LogP contribution in [0.25, 0.3) is 11.0 Å².